The second-order valence-electron chi connectivity index (χ2n) is 5.86. The average Bonchev–Trinajstić information content (AvgIpc) is 2.15. The van der Waals surface area contributed by atoms with E-state index in [2.05, 4.69) is 18.9 Å². The summed E-state index contributed by atoms with van der Waals surface area (Å²) in [6.07, 6.45) is 7.67. The molecule has 2 rings (SSSR count). The molecular weight excluding hydrogens is 186 g/mol. The highest BCUT2D eigenvalue weighted by atomic mass is 16.3. The van der Waals surface area contributed by atoms with Crippen molar-refractivity contribution in [3.05, 3.63) is 0 Å². The summed E-state index contributed by atoms with van der Waals surface area (Å²) in [5.41, 5.74) is 0. The fourth-order valence-electron chi connectivity index (χ4n) is 3.21. The minimum absolute atomic E-state index is 0.00804. The molecule has 2 heteroatoms. The molecule has 2 saturated carbocycles. The number of rotatable bonds is 3. The van der Waals surface area contributed by atoms with Crippen molar-refractivity contribution in [3.63, 3.8) is 0 Å². The van der Waals surface area contributed by atoms with Gasteiger partial charge < -0.3 is 10.0 Å². The molecule has 2 unspecified atom stereocenters. The standard InChI is InChI=1S/C13H25NO/c1-10-4-3-5-12(6-10)14(2)9-11-7-13(15)8-11/h10-13,15H,3-9H2,1-2H3. The van der Waals surface area contributed by atoms with E-state index in [-0.39, 0.29) is 6.10 Å². The van der Waals surface area contributed by atoms with E-state index < -0.39 is 0 Å². The van der Waals surface area contributed by atoms with Crippen LogP contribution in [0.4, 0.5) is 0 Å². The first-order valence-electron chi connectivity index (χ1n) is 6.53. The van der Waals surface area contributed by atoms with E-state index in [9.17, 15) is 5.11 Å². The van der Waals surface area contributed by atoms with E-state index in [1.54, 1.807) is 0 Å². The number of hydrogen-bond acceptors (Lipinski definition) is 2. The molecule has 0 aliphatic heterocycles. The van der Waals surface area contributed by atoms with E-state index in [0.717, 1.165) is 30.7 Å². The lowest BCUT2D eigenvalue weighted by Gasteiger charge is -2.39. The molecule has 15 heavy (non-hydrogen) atoms. The Kier molecular flexibility index (Phi) is 3.68. The van der Waals surface area contributed by atoms with Gasteiger partial charge >= 0.3 is 0 Å². The fraction of sp³-hybridized carbons (Fsp3) is 1.00. The predicted octanol–water partition coefficient (Wildman–Crippen LogP) is 2.27. The highest BCUT2D eigenvalue weighted by molar-refractivity contribution is 4.84. The molecule has 2 nitrogen and oxygen atoms in total. The van der Waals surface area contributed by atoms with Crippen LogP contribution in [0.15, 0.2) is 0 Å². The van der Waals surface area contributed by atoms with Crippen LogP contribution in [0, 0.1) is 11.8 Å². The molecule has 2 atom stereocenters. The van der Waals surface area contributed by atoms with Crippen LogP contribution in [0.1, 0.15) is 45.4 Å². The Morgan fingerprint density at radius 2 is 1.93 bits per heavy atom. The minimum atomic E-state index is 0.00804. The lowest BCUT2D eigenvalue weighted by molar-refractivity contribution is 0.0171. The van der Waals surface area contributed by atoms with Gasteiger partial charge in [0.15, 0.2) is 0 Å². The van der Waals surface area contributed by atoms with Crippen molar-refractivity contribution in [2.24, 2.45) is 11.8 Å². The molecule has 0 bridgehead atoms. The van der Waals surface area contributed by atoms with Crippen LogP contribution < -0.4 is 0 Å². The maximum atomic E-state index is 9.27. The molecule has 0 amide bonds. The molecule has 2 aliphatic carbocycles. The maximum absolute atomic E-state index is 9.27. The van der Waals surface area contributed by atoms with Gasteiger partial charge in [-0.05, 0) is 44.6 Å². The molecule has 0 radical (unpaired) electrons. The molecule has 0 aromatic carbocycles. The third-order valence-corrected chi connectivity index (χ3v) is 4.29. The van der Waals surface area contributed by atoms with Gasteiger partial charge in [0.2, 0.25) is 0 Å². The molecule has 1 N–H and O–H groups in total. The zero-order valence-corrected chi connectivity index (χ0v) is 10.2. The lowest BCUT2D eigenvalue weighted by atomic mass is 9.81. The Bertz CT molecular complexity index is 201. The van der Waals surface area contributed by atoms with Crippen LogP contribution in [0.3, 0.4) is 0 Å². The fourth-order valence-corrected chi connectivity index (χ4v) is 3.21. The van der Waals surface area contributed by atoms with Gasteiger partial charge in [0, 0.05) is 12.6 Å². The molecule has 2 fully saturated rings. The Labute approximate surface area is 93.7 Å². The van der Waals surface area contributed by atoms with Crippen LogP contribution in [-0.2, 0) is 0 Å². The van der Waals surface area contributed by atoms with E-state index in [0.29, 0.717) is 0 Å². The van der Waals surface area contributed by atoms with Crippen LogP contribution in [0.5, 0.6) is 0 Å². The minimum Gasteiger partial charge on any atom is -0.393 e. The predicted molar refractivity (Wildman–Crippen MR) is 62.8 cm³/mol. The topological polar surface area (TPSA) is 23.5 Å². The van der Waals surface area contributed by atoms with Crippen molar-refractivity contribution in [3.8, 4) is 0 Å². The first-order chi connectivity index (χ1) is 7.15. The summed E-state index contributed by atoms with van der Waals surface area (Å²) in [5.74, 6) is 1.68. The smallest absolute Gasteiger partial charge is 0.0546 e. The summed E-state index contributed by atoms with van der Waals surface area (Å²) >= 11 is 0. The van der Waals surface area contributed by atoms with Crippen LogP contribution in [-0.4, -0.2) is 35.7 Å². The van der Waals surface area contributed by atoms with Gasteiger partial charge in [-0.1, -0.05) is 19.8 Å². The largest absolute Gasteiger partial charge is 0.393 e. The summed E-state index contributed by atoms with van der Waals surface area (Å²) in [6, 6.07) is 0.812. The van der Waals surface area contributed by atoms with Gasteiger partial charge in [0.1, 0.15) is 0 Å². The van der Waals surface area contributed by atoms with Gasteiger partial charge in [0.05, 0.1) is 6.10 Å². The molecular formula is C13H25NO. The number of hydrogen-bond donors (Lipinski definition) is 1. The Morgan fingerprint density at radius 3 is 2.53 bits per heavy atom. The van der Waals surface area contributed by atoms with Crippen molar-refractivity contribution >= 4 is 0 Å². The zero-order valence-electron chi connectivity index (χ0n) is 10.2. The quantitative estimate of drug-likeness (QED) is 0.774. The van der Waals surface area contributed by atoms with Crippen molar-refractivity contribution in [1.82, 2.24) is 4.90 Å². The third kappa shape index (κ3) is 2.94. The number of aliphatic hydroxyl groups is 1. The highest BCUT2D eigenvalue weighted by Crippen LogP contribution is 2.31. The Balaban J connectivity index is 1.72. The van der Waals surface area contributed by atoms with Gasteiger partial charge in [-0.25, -0.2) is 0 Å². The first kappa shape index (κ1) is 11.4. The van der Waals surface area contributed by atoms with Crippen molar-refractivity contribution in [1.29, 1.82) is 0 Å². The van der Waals surface area contributed by atoms with Crippen LogP contribution in [0.25, 0.3) is 0 Å². The van der Waals surface area contributed by atoms with E-state index in [4.69, 9.17) is 0 Å². The SMILES string of the molecule is CC1CCCC(N(C)CC2CC(O)C2)C1. The summed E-state index contributed by atoms with van der Waals surface area (Å²) in [5, 5.41) is 9.27. The molecule has 0 heterocycles. The van der Waals surface area contributed by atoms with E-state index >= 15 is 0 Å². The lowest BCUT2D eigenvalue weighted by Crippen LogP contribution is -2.42. The molecule has 0 spiro atoms. The third-order valence-electron chi connectivity index (χ3n) is 4.29. The number of nitrogens with zero attached hydrogens (tertiary/aromatic N) is 1. The van der Waals surface area contributed by atoms with Crippen LogP contribution in [0.2, 0.25) is 0 Å². The van der Waals surface area contributed by atoms with Crippen LogP contribution >= 0.6 is 0 Å². The summed E-state index contributed by atoms with van der Waals surface area (Å²) in [7, 11) is 2.27. The Morgan fingerprint density at radius 1 is 1.20 bits per heavy atom. The van der Waals surface area contributed by atoms with E-state index in [1.165, 1.54) is 32.2 Å². The maximum Gasteiger partial charge on any atom is 0.0546 e. The zero-order chi connectivity index (χ0) is 10.8. The van der Waals surface area contributed by atoms with Crippen molar-refractivity contribution < 1.29 is 5.11 Å². The summed E-state index contributed by atoms with van der Waals surface area (Å²) < 4.78 is 0. The highest BCUT2D eigenvalue weighted by Gasteiger charge is 2.30. The molecule has 88 valence electrons. The Hall–Kier alpha value is -0.0800. The van der Waals surface area contributed by atoms with Gasteiger partial charge in [-0.15, -0.1) is 0 Å². The average molecular weight is 211 g/mol. The van der Waals surface area contributed by atoms with E-state index in [1.807, 2.05) is 0 Å². The molecule has 0 aromatic rings. The molecule has 0 aromatic heterocycles. The second-order valence-corrected chi connectivity index (χ2v) is 5.86. The first-order valence-corrected chi connectivity index (χ1v) is 6.53. The monoisotopic (exact) mass is 211 g/mol. The van der Waals surface area contributed by atoms with Crippen molar-refractivity contribution in [2.75, 3.05) is 13.6 Å². The van der Waals surface area contributed by atoms with Gasteiger partial charge in [-0.2, -0.15) is 0 Å². The second kappa shape index (κ2) is 4.84. The normalized spacial score (nSPS) is 41.6. The van der Waals surface area contributed by atoms with Gasteiger partial charge in [0.25, 0.3) is 0 Å². The van der Waals surface area contributed by atoms with Gasteiger partial charge in [-0.3, -0.25) is 0 Å². The molecule has 0 saturated heterocycles. The van der Waals surface area contributed by atoms with Crippen molar-refractivity contribution in [2.45, 2.75) is 57.6 Å². The summed E-state index contributed by atoms with van der Waals surface area (Å²) in [6.45, 7) is 3.58. The molecule has 2 aliphatic rings. The summed E-state index contributed by atoms with van der Waals surface area (Å²) in [4.78, 5) is 2.55. The number of aliphatic hydroxyl groups excluding tert-OH is 1.